The summed E-state index contributed by atoms with van der Waals surface area (Å²) in [4.78, 5) is 21.0. The summed E-state index contributed by atoms with van der Waals surface area (Å²) in [6.07, 6.45) is 3.80. The van der Waals surface area contributed by atoms with E-state index in [4.69, 9.17) is 0 Å². The van der Waals surface area contributed by atoms with Crippen LogP contribution in [0.1, 0.15) is 33.6 Å². The van der Waals surface area contributed by atoms with Gasteiger partial charge in [-0.1, -0.05) is 20.8 Å². The average molecular weight is 354 g/mol. The number of aromatic nitrogens is 1. The van der Waals surface area contributed by atoms with Gasteiger partial charge in [0.2, 0.25) is 5.91 Å². The predicted octanol–water partition coefficient (Wildman–Crippen LogP) is 3.32. The molecular formula is C16H24BrN3O. The number of anilines is 1. The summed E-state index contributed by atoms with van der Waals surface area (Å²) in [5.41, 5.74) is -0.310. The van der Waals surface area contributed by atoms with Crippen molar-refractivity contribution < 1.29 is 4.79 Å². The highest BCUT2D eigenvalue weighted by molar-refractivity contribution is 9.10. The molecule has 0 aliphatic carbocycles. The zero-order valence-corrected chi connectivity index (χ0v) is 14.9. The summed E-state index contributed by atoms with van der Waals surface area (Å²) >= 11 is 3.56. The summed E-state index contributed by atoms with van der Waals surface area (Å²) in [5, 5.41) is 0. The van der Waals surface area contributed by atoms with Crippen LogP contribution in [-0.4, -0.2) is 42.0 Å². The quantitative estimate of drug-likeness (QED) is 0.818. The van der Waals surface area contributed by atoms with E-state index in [1.807, 2.05) is 51.0 Å². The van der Waals surface area contributed by atoms with Crippen LogP contribution in [0.2, 0.25) is 0 Å². The molecule has 116 valence electrons. The molecule has 0 N–H and O–H groups in total. The van der Waals surface area contributed by atoms with Crippen molar-refractivity contribution in [2.24, 2.45) is 5.41 Å². The molecule has 1 aliphatic heterocycles. The highest BCUT2D eigenvalue weighted by atomic mass is 79.9. The minimum absolute atomic E-state index is 0.222. The molecule has 0 saturated carbocycles. The zero-order chi connectivity index (χ0) is 15.6. The second-order valence-electron chi connectivity index (χ2n) is 6.69. The largest absolute Gasteiger partial charge is 0.356 e. The fourth-order valence-electron chi connectivity index (χ4n) is 2.77. The Kier molecular flexibility index (Phi) is 4.91. The fraction of sp³-hybridized carbons (Fsp3) is 0.625. The van der Waals surface area contributed by atoms with Crippen LogP contribution in [-0.2, 0) is 4.79 Å². The normalized spacial score (nSPS) is 16.9. The van der Waals surface area contributed by atoms with Crippen LogP contribution in [0.25, 0.3) is 0 Å². The van der Waals surface area contributed by atoms with E-state index in [0.717, 1.165) is 36.2 Å². The number of piperidine rings is 1. The van der Waals surface area contributed by atoms with Crippen LogP contribution >= 0.6 is 15.9 Å². The van der Waals surface area contributed by atoms with Crippen LogP contribution in [0.15, 0.2) is 22.8 Å². The molecule has 0 bridgehead atoms. The van der Waals surface area contributed by atoms with E-state index < -0.39 is 0 Å². The molecule has 1 amide bonds. The molecule has 0 aromatic carbocycles. The molecule has 2 rings (SSSR count). The van der Waals surface area contributed by atoms with Gasteiger partial charge in [0.15, 0.2) is 0 Å². The summed E-state index contributed by atoms with van der Waals surface area (Å²) in [6.45, 7) is 7.80. The van der Waals surface area contributed by atoms with Crippen molar-refractivity contribution in [3.63, 3.8) is 0 Å². The number of pyridine rings is 1. The van der Waals surface area contributed by atoms with Gasteiger partial charge in [-0.05, 0) is 40.9 Å². The highest BCUT2D eigenvalue weighted by Crippen LogP contribution is 2.28. The van der Waals surface area contributed by atoms with Crippen molar-refractivity contribution >= 4 is 27.7 Å². The zero-order valence-electron chi connectivity index (χ0n) is 13.3. The van der Waals surface area contributed by atoms with E-state index in [1.54, 1.807) is 0 Å². The van der Waals surface area contributed by atoms with Crippen LogP contribution in [0.3, 0.4) is 0 Å². The first-order chi connectivity index (χ1) is 9.80. The first kappa shape index (κ1) is 16.3. The number of amides is 1. The van der Waals surface area contributed by atoms with Crippen molar-refractivity contribution in [2.45, 2.75) is 39.7 Å². The van der Waals surface area contributed by atoms with Gasteiger partial charge in [-0.3, -0.25) is 4.79 Å². The Morgan fingerprint density at radius 2 is 2.00 bits per heavy atom. The van der Waals surface area contributed by atoms with Crippen molar-refractivity contribution in [1.82, 2.24) is 9.88 Å². The molecular weight excluding hydrogens is 330 g/mol. The summed E-state index contributed by atoms with van der Waals surface area (Å²) in [6, 6.07) is 4.27. The molecule has 2 heterocycles. The molecule has 1 saturated heterocycles. The van der Waals surface area contributed by atoms with Crippen molar-refractivity contribution in [3.05, 3.63) is 22.8 Å². The number of hydrogen-bond acceptors (Lipinski definition) is 3. The van der Waals surface area contributed by atoms with Crippen LogP contribution in [0.4, 0.5) is 5.82 Å². The predicted molar refractivity (Wildman–Crippen MR) is 89.4 cm³/mol. The Morgan fingerprint density at radius 1 is 1.38 bits per heavy atom. The number of hydrogen-bond donors (Lipinski definition) is 0. The van der Waals surface area contributed by atoms with Crippen molar-refractivity contribution in [2.75, 3.05) is 25.0 Å². The minimum atomic E-state index is -0.310. The second kappa shape index (κ2) is 6.34. The summed E-state index contributed by atoms with van der Waals surface area (Å²) < 4.78 is 1.03. The van der Waals surface area contributed by atoms with E-state index in [9.17, 15) is 4.79 Å². The molecule has 1 fully saturated rings. The van der Waals surface area contributed by atoms with Gasteiger partial charge in [-0.25, -0.2) is 4.98 Å². The van der Waals surface area contributed by atoms with E-state index in [2.05, 4.69) is 25.8 Å². The fourth-order valence-corrected chi connectivity index (χ4v) is 3.28. The lowest BCUT2D eigenvalue weighted by Gasteiger charge is -2.39. The van der Waals surface area contributed by atoms with E-state index >= 15 is 0 Å². The molecule has 0 unspecified atom stereocenters. The highest BCUT2D eigenvalue weighted by Gasteiger charge is 2.31. The Morgan fingerprint density at radius 3 is 2.52 bits per heavy atom. The summed E-state index contributed by atoms with van der Waals surface area (Å²) in [7, 11) is 1.94. The third kappa shape index (κ3) is 3.76. The smallest absolute Gasteiger partial charge is 0.227 e. The Bertz CT molecular complexity index is 504. The van der Waals surface area contributed by atoms with Gasteiger partial charge in [-0.15, -0.1) is 0 Å². The van der Waals surface area contributed by atoms with Gasteiger partial charge in [0, 0.05) is 37.8 Å². The molecule has 0 spiro atoms. The molecule has 21 heavy (non-hydrogen) atoms. The minimum Gasteiger partial charge on any atom is -0.356 e. The maximum absolute atomic E-state index is 12.4. The molecule has 0 atom stereocenters. The standard InChI is InChI=1S/C16H24BrN3O/c1-16(2,3)15(21)19(4)12-7-10-20(11-8-12)14-13(17)6-5-9-18-14/h5-6,9,12H,7-8,10-11H2,1-4H3. The molecule has 1 aromatic heterocycles. The van der Waals surface area contributed by atoms with Gasteiger partial charge < -0.3 is 9.80 Å². The average Bonchev–Trinajstić information content (AvgIpc) is 2.45. The molecule has 4 nitrogen and oxygen atoms in total. The number of carbonyl (C=O) groups is 1. The monoisotopic (exact) mass is 353 g/mol. The maximum atomic E-state index is 12.4. The molecule has 1 aliphatic rings. The number of carbonyl (C=O) groups excluding carboxylic acids is 1. The first-order valence-corrected chi connectivity index (χ1v) is 8.22. The van der Waals surface area contributed by atoms with Crippen LogP contribution in [0, 0.1) is 5.41 Å². The molecule has 1 aromatic rings. The van der Waals surface area contributed by atoms with Gasteiger partial charge in [0.25, 0.3) is 0 Å². The van der Waals surface area contributed by atoms with Gasteiger partial charge in [0.1, 0.15) is 5.82 Å². The second-order valence-corrected chi connectivity index (χ2v) is 7.55. The SMILES string of the molecule is CN(C(=O)C(C)(C)C)C1CCN(c2ncccc2Br)CC1. The molecule has 5 heteroatoms. The van der Waals surface area contributed by atoms with Gasteiger partial charge >= 0.3 is 0 Å². The van der Waals surface area contributed by atoms with Gasteiger partial charge in [0.05, 0.1) is 4.47 Å². The van der Waals surface area contributed by atoms with Gasteiger partial charge in [-0.2, -0.15) is 0 Å². The number of nitrogens with zero attached hydrogens (tertiary/aromatic N) is 3. The number of rotatable bonds is 2. The van der Waals surface area contributed by atoms with E-state index in [1.165, 1.54) is 0 Å². The van der Waals surface area contributed by atoms with Crippen molar-refractivity contribution in [1.29, 1.82) is 0 Å². The van der Waals surface area contributed by atoms with Crippen LogP contribution < -0.4 is 4.90 Å². The third-order valence-corrected chi connectivity index (χ3v) is 4.63. The Labute approximate surface area is 135 Å². The lowest BCUT2D eigenvalue weighted by Crippen LogP contribution is -2.48. The van der Waals surface area contributed by atoms with Crippen LogP contribution in [0.5, 0.6) is 0 Å². The first-order valence-electron chi connectivity index (χ1n) is 7.43. The molecule has 0 radical (unpaired) electrons. The van der Waals surface area contributed by atoms with Crippen molar-refractivity contribution in [3.8, 4) is 0 Å². The third-order valence-electron chi connectivity index (χ3n) is 4.01. The van der Waals surface area contributed by atoms with E-state index in [-0.39, 0.29) is 11.3 Å². The lowest BCUT2D eigenvalue weighted by molar-refractivity contribution is -0.140. The lowest BCUT2D eigenvalue weighted by atomic mass is 9.92. The Hall–Kier alpha value is -1.10. The maximum Gasteiger partial charge on any atom is 0.227 e. The number of halogens is 1. The topological polar surface area (TPSA) is 36.4 Å². The summed E-state index contributed by atoms with van der Waals surface area (Å²) in [5.74, 6) is 1.22. The Balaban J connectivity index is 1.98. The van der Waals surface area contributed by atoms with E-state index in [0.29, 0.717) is 6.04 Å².